The predicted octanol–water partition coefficient (Wildman–Crippen LogP) is 5.56. The first-order valence-electron chi connectivity index (χ1n) is 8.57. The second-order valence-corrected chi connectivity index (χ2v) is 5.68. The van der Waals surface area contributed by atoms with Crippen LogP contribution < -0.4 is 0 Å². The van der Waals surface area contributed by atoms with Crippen LogP contribution in [0.1, 0.15) is 38.6 Å². The molecule has 1 unspecified atom stereocenters. The third-order valence-corrected chi connectivity index (χ3v) is 4.05. The number of allylic oxidation sites excluding steroid dienone is 4. The number of fused-ring (bicyclic) bond motifs is 1. The largest absolute Gasteiger partial charge is 0.440 e. The van der Waals surface area contributed by atoms with Gasteiger partial charge in [0.2, 0.25) is 5.89 Å². The van der Waals surface area contributed by atoms with Gasteiger partial charge >= 0.3 is 0 Å². The normalized spacial score (nSPS) is 16.6. The van der Waals surface area contributed by atoms with Crippen molar-refractivity contribution in [3.8, 4) is 11.6 Å². The number of hydrogen-bond donors (Lipinski definition) is 0. The number of aromatic nitrogens is 2. The highest BCUT2D eigenvalue weighted by Gasteiger charge is 2.27. The van der Waals surface area contributed by atoms with Gasteiger partial charge in [-0.15, -0.1) is 0 Å². The zero-order valence-corrected chi connectivity index (χ0v) is 14.9. The summed E-state index contributed by atoms with van der Waals surface area (Å²) in [6.45, 7) is 13.9. The highest BCUT2D eigenvalue weighted by atomic mass is 16.4. The lowest BCUT2D eigenvalue weighted by Crippen LogP contribution is -2.16. The quantitative estimate of drug-likeness (QED) is 0.692. The summed E-state index contributed by atoms with van der Waals surface area (Å²) in [6.07, 6.45) is 8.51. The van der Waals surface area contributed by atoms with Gasteiger partial charge in [-0.05, 0) is 43.4 Å². The summed E-state index contributed by atoms with van der Waals surface area (Å²) in [5, 5.41) is 0. The molecule has 0 radical (unpaired) electrons. The van der Waals surface area contributed by atoms with Crippen LogP contribution in [0.3, 0.4) is 0 Å². The standard InChI is InChI=1S/C19H20N2O.C2H6/c1-4-7-15(13(2)3)14-9-10-16-18(12-14)22-19(21-16)17-8-5-6-11-20-17;1-2/h4-8,11,14H,1-2,9-10,12H2,3H3;1-2H3/b15-7+;. The van der Waals surface area contributed by atoms with Gasteiger partial charge in [-0.2, -0.15) is 0 Å². The molecule has 2 aromatic rings. The summed E-state index contributed by atoms with van der Waals surface area (Å²) in [7, 11) is 0. The van der Waals surface area contributed by atoms with Gasteiger partial charge in [0.1, 0.15) is 11.5 Å². The van der Waals surface area contributed by atoms with Crippen molar-refractivity contribution >= 4 is 0 Å². The Bertz CT molecular complexity index is 726. The molecule has 0 fully saturated rings. The van der Waals surface area contributed by atoms with Crippen molar-refractivity contribution in [3.63, 3.8) is 0 Å². The van der Waals surface area contributed by atoms with Crippen molar-refractivity contribution < 1.29 is 4.42 Å². The zero-order valence-electron chi connectivity index (χ0n) is 14.9. The Hall–Kier alpha value is -2.42. The van der Waals surface area contributed by atoms with Gasteiger partial charge in [-0.3, -0.25) is 4.98 Å². The Morgan fingerprint density at radius 2 is 2.12 bits per heavy atom. The molecular weight excluding hydrogens is 296 g/mol. The van der Waals surface area contributed by atoms with Crippen molar-refractivity contribution in [3.05, 3.63) is 72.3 Å². The van der Waals surface area contributed by atoms with Crippen molar-refractivity contribution in [2.45, 2.75) is 40.0 Å². The molecule has 0 bridgehead atoms. The number of aryl methyl sites for hydroxylation is 1. The van der Waals surface area contributed by atoms with E-state index in [-0.39, 0.29) is 0 Å². The molecular formula is C21H26N2O. The number of nitrogens with zero attached hydrogens (tertiary/aromatic N) is 2. The molecule has 24 heavy (non-hydrogen) atoms. The molecule has 2 heterocycles. The molecule has 0 saturated heterocycles. The smallest absolute Gasteiger partial charge is 0.245 e. The number of hydrogen-bond acceptors (Lipinski definition) is 3. The highest BCUT2D eigenvalue weighted by Crippen LogP contribution is 2.34. The van der Waals surface area contributed by atoms with E-state index < -0.39 is 0 Å². The Balaban J connectivity index is 0.00000100. The van der Waals surface area contributed by atoms with E-state index in [1.54, 1.807) is 6.20 Å². The van der Waals surface area contributed by atoms with E-state index in [4.69, 9.17) is 4.42 Å². The molecule has 126 valence electrons. The minimum atomic E-state index is 0.424. The summed E-state index contributed by atoms with van der Waals surface area (Å²) < 4.78 is 5.97. The maximum atomic E-state index is 5.97. The maximum Gasteiger partial charge on any atom is 0.245 e. The highest BCUT2D eigenvalue weighted by molar-refractivity contribution is 5.47. The topological polar surface area (TPSA) is 38.9 Å². The number of oxazole rings is 1. The van der Waals surface area contributed by atoms with Crippen molar-refractivity contribution in [2.75, 3.05) is 0 Å². The molecule has 3 nitrogen and oxygen atoms in total. The third-order valence-electron chi connectivity index (χ3n) is 4.05. The molecule has 1 aliphatic rings. The fourth-order valence-electron chi connectivity index (χ4n) is 2.99. The Morgan fingerprint density at radius 3 is 2.75 bits per heavy atom. The Labute approximate surface area is 144 Å². The Morgan fingerprint density at radius 1 is 1.33 bits per heavy atom. The summed E-state index contributed by atoms with van der Waals surface area (Å²) >= 11 is 0. The lowest BCUT2D eigenvalue weighted by Gasteiger charge is -2.23. The average Bonchev–Trinajstić information content (AvgIpc) is 3.05. The van der Waals surface area contributed by atoms with E-state index in [0.29, 0.717) is 11.8 Å². The fraction of sp³-hybridized carbons (Fsp3) is 0.333. The van der Waals surface area contributed by atoms with Gasteiger partial charge in [0.15, 0.2) is 0 Å². The SMILES string of the molecule is C=C/C=C(\C(=C)C)C1CCc2nc(-c3ccccn3)oc2C1.CC. The van der Waals surface area contributed by atoms with Gasteiger partial charge in [-0.25, -0.2) is 4.98 Å². The Kier molecular flexibility index (Phi) is 6.30. The molecule has 0 spiro atoms. The molecule has 3 rings (SSSR count). The van der Waals surface area contributed by atoms with Crippen LogP contribution in [-0.2, 0) is 12.8 Å². The first-order chi connectivity index (χ1) is 11.7. The van der Waals surface area contributed by atoms with Crippen molar-refractivity contribution in [1.82, 2.24) is 9.97 Å². The minimum Gasteiger partial charge on any atom is -0.440 e. The van der Waals surface area contributed by atoms with Crippen LogP contribution in [0, 0.1) is 5.92 Å². The average molecular weight is 322 g/mol. The van der Waals surface area contributed by atoms with Crippen molar-refractivity contribution in [1.29, 1.82) is 0 Å². The molecule has 0 aliphatic heterocycles. The molecule has 1 atom stereocenters. The molecule has 1 aliphatic carbocycles. The van der Waals surface area contributed by atoms with Crippen LogP contribution in [0.2, 0.25) is 0 Å². The van der Waals surface area contributed by atoms with E-state index in [2.05, 4.69) is 29.2 Å². The third kappa shape index (κ3) is 3.91. The van der Waals surface area contributed by atoms with Gasteiger partial charge in [0.25, 0.3) is 0 Å². The van der Waals surface area contributed by atoms with Crippen LogP contribution in [0.5, 0.6) is 0 Å². The summed E-state index contributed by atoms with van der Waals surface area (Å²) in [4.78, 5) is 8.92. The lowest BCUT2D eigenvalue weighted by molar-refractivity contribution is 0.433. The first kappa shape index (κ1) is 17.9. The molecule has 0 N–H and O–H groups in total. The lowest BCUT2D eigenvalue weighted by atomic mass is 9.82. The summed E-state index contributed by atoms with van der Waals surface area (Å²) in [6, 6.07) is 5.76. The van der Waals surface area contributed by atoms with Crippen LogP contribution in [0.4, 0.5) is 0 Å². The van der Waals surface area contributed by atoms with E-state index >= 15 is 0 Å². The van der Waals surface area contributed by atoms with Gasteiger partial charge in [0.05, 0.1) is 5.69 Å². The second-order valence-electron chi connectivity index (χ2n) is 5.68. The summed E-state index contributed by atoms with van der Waals surface area (Å²) in [5.41, 5.74) is 4.21. The predicted molar refractivity (Wildman–Crippen MR) is 99.7 cm³/mol. The van der Waals surface area contributed by atoms with Gasteiger partial charge in [0, 0.05) is 12.6 Å². The van der Waals surface area contributed by atoms with Crippen LogP contribution >= 0.6 is 0 Å². The van der Waals surface area contributed by atoms with E-state index in [1.165, 1.54) is 5.57 Å². The van der Waals surface area contributed by atoms with E-state index in [1.807, 2.05) is 45.0 Å². The molecule has 3 heteroatoms. The van der Waals surface area contributed by atoms with E-state index in [0.717, 1.165) is 42.0 Å². The molecule has 0 amide bonds. The fourth-order valence-corrected chi connectivity index (χ4v) is 2.99. The van der Waals surface area contributed by atoms with Crippen molar-refractivity contribution in [2.24, 2.45) is 5.92 Å². The van der Waals surface area contributed by atoms with Gasteiger partial charge in [-0.1, -0.05) is 50.8 Å². The number of pyridine rings is 1. The monoisotopic (exact) mass is 322 g/mol. The van der Waals surface area contributed by atoms with Crippen LogP contribution in [0.15, 0.2) is 65.3 Å². The zero-order chi connectivity index (χ0) is 17.5. The molecule has 0 aromatic carbocycles. The molecule has 0 saturated carbocycles. The molecule has 2 aromatic heterocycles. The second kappa shape index (κ2) is 8.44. The van der Waals surface area contributed by atoms with Crippen LogP contribution in [-0.4, -0.2) is 9.97 Å². The van der Waals surface area contributed by atoms with Gasteiger partial charge < -0.3 is 4.42 Å². The maximum absolute atomic E-state index is 5.97. The minimum absolute atomic E-state index is 0.424. The first-order valence-corrected chi connectivity index (χ1v) is 8.57. The van der Waals surface area contributed by atoms with Crippen LogP contribution in [0.25, 0.3) is 11.6 Å². The summed E-state index contributed by atoms with van der Waals surface area (Å²) in [5.74, 6) is 2.02. The number of rotatable bonds is 4. The van der Waals surface area contributed by atoms with E-state index in [9.17, 15) is 0 Å².